The highest BCUT2D eigenvalue weighted by atomic mass is 15.3. The first-order valence-corrected chi connectivity index (χ1v) is 6.08. The minimum absolute atomic E-state index is 0.168. The highest BCUT2D eigenvalue weighted by Gasteiger charge is 2.03. The normalized spacial score (nSPS) is 10.8. The van der Waals surface area contributed by atoms with E-state index in [-0.39, 0.29) is 11.5 Å². The third-order valence-corrected chi connectivity index (χ3v) is 2.59. The van der Waals surface area contributed by atoms with Crippen LogP contribution in [0.4, 0.5) is 5.69 Å². The molecule has 1 aromatic heterocycles. The van der Waals surface area contributed by atoms with Gasteiger partial charge in [0.25, 0.3) is 0 Å². The van der Waals surface area contributed by atoms with E-state index in [2.05, 4.69) is 20.5 Å². The zero-order valence-corrected chi connectivity index (χ0v) is 11.3. The van der Waals surface area contributed by atoms with Crippen molar-refractivity contribution in [3.8, 4) is 17.3 Å². The summed E-state index contributed by atoms with van der Waals surface area (Å²) in [4.78, 5) is 8.40. The maximum atomic E-state index is 8.78. The van der Waals surface area contributed by atoms with Crippen molar-refractivity contribution in [3.05, 3.63) is 42.4 Å². The fraction of sp³-hybridized carbons (Fsp3) is 0.0714. The molecule has 0 aliphatic carbocycles. The largest absolute Gasteiger partial charge is 0.382 e. The van der Waals surface area contributed by atoms with E-state index in [9.17, 15) is 0 Å². The number of aromatic nitrogens is 2. The molecule has 2 rings (SSSR count). The van der Waals surface area contributed by atoms with Crippen LogP contribution < -0.4 is 11.2 Å². The molecule has 0 saturated heterocycles. The van der Waals surface area contributed by atoms with Gasteiger partial charge in [0.05, 0.1) is 11.4 Å². The first-order chi connectivity index (χ1) is 10.1. The van der Waals surface area contributed by atoms with Gasteiger partial charge in [-0.15, -0.1) is 0 Å². The number of benzene rings is 1. The van der Waals surface area contributed by atoms with Gasteiger partial charge in [-0.1, -0.05) is 12.1 Å². The van der Waals surface area contributed by atoms with Crippen LogP contribution in [0.1, 0.15) is 5.82 Å². The monoisotopic (exact) mass is 279 g/mol. The van der Waals surface area contributed by atoms with Crippen LogP contribution in [-0.4, -0.2) is 21.5 Å². The van der Waals surface area contributed by atoms with E-state index in [4.69, 9.17) is 16.4 Å². The first kappa shape index (κ1) is 14.1. The Balaban J connectivity index is 2.27. The molecule has 0 amide bonds. The highest BCUT2D eigenvalue weighted by molar-refractivity contribution is 6.45. The second-order valence-corrected chi connectivity index (χ2v) is 4.17. The van der Waals surface area contributed by atoms with Crippen LogP contribution in [0.3, 0.4) is 0 Å². The SMILES string of the molecule is Cc1nccc(-c2cccc(N/N=C(\C#N)C(=N)N)c2)n1. The van der Waals surface area contributed by atoms with Gasteiger partial charge in [0, 0.05) is 11.8 Å². The molecule has 21 heavy (non-hydrogen) atoms. The number of aryl methyl sites for hydroxylation is 1. The van der Waals surface area contributed by atoms with Crippen LogP contribution in [0.2, 0.25) is 0 Å². The molecule has 1 heterocycles. The summed E-state index contributed by atoms with van der Waals surface area (Å²) in [6, 6.07) is 10.9. The van der Waals surface area contributed by atoms with Gasteiger partial charge in [-0.05, 0) is 25.1 Å². The Bertz CT molecular complexity index is 743. The van der Waals surface area contributed by atoms with Crippen molar-refractivity contribution < 1.29 is 0 Å². The minimum Gasteiger partial charge on any atom is -0.382 e. The second-order valence-electron chi connectivity index (χ2n) is 4.17. The molecule has 0 spiro atoms. The van der Waals surface area contributed by atoms with Gasteiger partial charge >= 0.3 is 0 Å². The van der Waals surface area contributed by atoms with Gasteiger partial charge in [-0.2, -0.15) is 10.4 Å². The van der Waals surface area contributed by atoms with E-state index in [1.807, 2.05) is 31.2 Å². The highest BCUT2D eigenvalue weighted by Crippen LogP contribution is 2.20. The van der Waals surface area contributed by atoms with E-state index in [0.29, 0.717) is 11.5 Å². The predicted molar refractivity (Wildman–Crippen MR) is 80.8 cm³/mol. The average Bonchev–Trinajstić information content (AvgIpc) is 2.48. The lowest BCUT2D eigenvalue weighted by Gasteiger charge is -2.05. The second kappa shape index (κ2) is 6.25. The number of nitrogens with one attached hydrogen (secondary N) is 2. The number of nitriles is 1. The molecule has 0 aliphatic heterocycles. The van der Waals surface area contributed by atoms with E-state index in [1.165, 1.54) is 0 Å². The summed E-state index contributed by atoms with van der Waals surface area (Å²) in [5.41, 5.74) is 10.1. The number of rotatable bonds is 4. The lowest BCUT2D eigenvalue weighted by atomic mass is 10.1. The maximum Gasteiger partial charge on any atom is 0.201 e. The van der Waals surface area contributed by atoms with Gasteiger partial charge in [-0.25, -0.2) is 9.97 Å². The summed E-state index contributed by atoms with van der Waals surface area (Å²) < 4.78 is 0. The summed E-state index contributed by atoms with van der Waals surface area (Å²) in [6.45, 7) is 1.82. The molecule has 0 fully saturated rings. The molecular weight excluding hydrogens is 266 g/mol. The molecule has 0 unspecified atom stereocenters. The minimum atomic E-state index is -0.382. The molecule has 7 heteroatoms. The Morgan fingerprint density at radius 3 is 2.90 bits per heavy atom. The van der Waals surface area contributed by atoms with Gasteiger partial charge in [0.1, 0.15) is 11.9 Å². The average molecular weight is 279 g/mol. The van der Waals surface area contributed by atoms with Crippen molar-refractivity contribution in [1.29, 1.82) is 10.7 Å². The van der Waals surface area contributed by atoms with Crippen molar-refractivity contribution in [1.82, 2.24) is 9.97 Å². The lowest BCUT2D eigenvalue weighted by Crippen LogP contribution is -2.21. The van der Waals surface area contributed by atoms with Crippen LogP contribution in [0.15, 0.2) is 41.6 Å². The summed E-state index contributed by atoms with van der Waals surface area (Å²) >= 11 is 0. The number of nitrogens with two attached hydrogens (primary N) is 1. The number of hydrogen-bond donors (Lipinski definition) is 3. The van der Waals surface area contributed by atoms with Crippen molar-refractivity contribution in [2.75, 3.05) is 5.43 Å². The zero-order chi connectivity index (χ0) is 15.2. The standard InChI is InChI=1S/C14H13N7/c1-9-18-6-5-12(19-9)10-3-2-4-11(7-10)20-21-13(8-15)14(16)17/h2-7,20H,1H3,(H3,16,17)/b21-13+. The maximum absolute atomic E-state index is 8.78. The summed E-state index contributed by atoms with van der Waals surface area (Å²) in [5.74, 6) is 0.305. The van der Waals surface area contributed by atoms with E-state index in [1.54, 1.807) is 18.3 Å². The van der Waals surface area contributed by atoms with E-state index in [0.717, 1.165) is 11.3 Å². The molecule has 0 saturated carbocycles. The van der Waals surface area contributed by atoms with Gasteiger partial charge in [0.15, 0.2) is 5.84 Å². The Morgan fingerprint density at radius 2 is 2.24 bits per heavy atom. The molecule has 0 atom stereocenters. The quantitative estimate of drug-likeness (QED) is 0.446. The fourth-order valence-electron chi connectivity index (χ4n) is 1.63. The zero-order valence-electron chi connectivity index (χ0n) is 11.3. The van der Waals surface area contributed by atoms with Crippen molar-refractivity contribution in [2.45, 2.75) is 6.92 Å². The van der Waals surface area contributed by atoms with Crippen molar-refractivity contribution >= 4 is 17.2 Å². The summed E-state index contributed by atoms with van der Waals surface area (Å²) in [6.07, 6.45) is 1.69. The molecule has 0 aliphatic rings. The van der Waals surface area contributed by atoms with Gasteiger partial charge in [-0.3, -0.25) is 10.8 Å². The van der Waals surface area contributed by atoms with Crippen LogP contribution in [0.5, 0.6) is 0 Å². The summed E-state index contributed by atoms with van der Waals surface area (Å²) in [5, 5.41) is 19.8. The van der Waals surface area contributed by atoms with Gasteiger partial charge < -0.3 is 5.73 Å². The van der Waals surface area contributed by atoms with E-state index < -0.39 is 0 Å². The van der Waals surface area contributed by atoms with Crippen molar-refractivity contribution in [2.24, 2.45) is 10.8 Å². The first-order valence-electron chi connectivity index (χ1n) is 6.08. The molecule has 1 aromatic carbocycles. The molecule has 0 radical (unpaired) electrons. The third kappa shape index (κ3) is 3.61. The van der Waals surface area contributed by atoms with Crippen LogP contribution in [0, 0.1) is 23.7 Å². The topological polar surface area (TPSA) is 124 Å². The van der Waals surface area contributed by atoms with Crippen LogP contribution in [-0.2, 0) is 0 Å². The van der Waals surface area contributed by atoms with Crippen LogP contribution >= 0.6 is 0 Å². The Morgan fingerprint density at radius 1 is 1.43 bits per heavy atom. The molecule has 7 nitrogen and oxygen atoms in total. The van der Waals surface area contributed by atoms with Gasteiger partial charge in [0.2, 0.25) is 5.71 Å². The molecule has 104 valence electrons. The Hall–Kier alpha value is -3.27. The van der Waals surface area contributed by atoms with Crippen LogP contribution in [0.25, 0.3) is 11.3 Å². The van der Waals surface area contributed by atoms with E-state index >= 15 is 0 Å². The number of anilines is 1. The third-order valence-electron chi connectivity index (χ3n) is 2.59. The molecular formula is C14H13N7. The predicted octanol–water partition coefficient (Wildman–Crippen LogP) is 1.68. The number of hydrazone groups is 1. The lowest BCUT2D eigenvalue weighted by molar-refractivity contribution is 1.06. The summed E-state index contributed by atoms with van der Waals surface area (Å²) in [7, 11) is 0. The number of amidine groups is 1. The van der Waals surface area contributed by atoms with Crippen molar-refractivity contribution in [3.63, 3.8) is 0 Å². The molecule has 2 aromatic rings. The molecule has 4 N–H and O–H groups in total. The molecule has 0 bridgehead atoms. The Labute approximate surface area is 121 Å². The smallest absolute Gasteiger partial charge is 0.201 e. The Kier molecular flexibility index (Phi) is 4.21. The fourth-order valence-corrected chi connectivity index (χ4v) is 1.63. The number of hydrogen-bond acceptors (Lipinski definition) is 6. The number of nitrogens with zero attached hydrogens (tertiary/aromatic N) is 4.